The van der Waals surface area contributed by atoms with Crippen LogP contribution < -0.4 is 5.32 Å². The second kappa shape index (κ2) is 11.1. The minimum absolute atomic E-state index is 0.0462. The van der Waals surface area contributed by atoms with Crippen molar-refractivity contribution in [1.29, 1.82) is 0 Å². The van der Waals surface area contributed by atoms with E-state index in [0.717, 1.165) is 12.8 Å². The quantitative estimate of drug-likeness (QED) is 0.352. The highest BCUT2D eigenvalue weighted by Crippen LogP contribution is 2.12. The van der Waals surface area contributed by atoms with E-state index < -0.39 is 0 Å². The van der Waals surface area contributed by atoms with E-state index in [1.54, 1.807) is 6.92 Å². The van der Waals surface area contributed by atoms with Crippen LogP contribution in [0.25, 0.3) is 0 Å². The Morgan fingerprint density at radius 3 is 2.50 bits per heavy atom. The zero-order valence-electron chi connectivity index (χ0n) is 11.9. The van der Waals surface area contributed by atoms with Crippen LogP contribution in [0.1, 0.15) is 59.3 Å². The first-order chi connectivity index (χ1) is 8.61. The number of hydrogen-bond acceptors (Lipinski definition) is 3. The molecule has 0 aromatic rings. The molecule has 4 nitrogen and oxygen atoms in total. The summed E-state index contributed by atoms with van der Waals surface area (Å²) in [4.78, 5) is 21.8. The molecule has 0 aliphatic heterocycles. The lowest BCUT2D eigenvalue weighted by Crippen LogP contribution is -2.31. The maximum Gasteiger partial charge on any atom is 0.308 e. The molecule has 0 heterocycles. The third-order valence-corrected chi connectivity index (χ3v) is 2.97. The van der Waals surface area contributed by atoms with Crippen LogP contribution in [0.4, 0.5) is 0 Å². The van der Waals surface area contributed by atoms with Crippen LogP contribution in [0.15, 0.2) is 0 Å². The largest absolute Gasteiger partial charge is 0.463 e. The summed E-state index contributed by atoms with van der Waals surface area (Å²) in [5.41, 5.74) is 0. The normalized spacial score (nSPS) is 13.7. The SMILES string of the molecule is CCCCCCCC(C)C(=O)OCC(C)NC=O. The van der Waals surface area contributed by atoms with Gasteiger partial charge in [0.2, 0.25) is 6.41 Å². The molecule has 1 amide bonds. The number of carbonyl (C=O) groups excluding carboxylic acids is 2. The van der Waals surface area contributed by atoms with Crippen molar-refractivity contribution in [1.82, 2.24) is 5.32 Å². The van der Waals surface area contributed by atoms with E-state index in [9.17, 15) is 9.59 Å². The first-order valence-corrected chi connectivity index (χ1v) is 6.98. The van der Waals surface area contributed by atoms with Crippen molar-refractivity contribution in [2.75, 3.05) is 6.61 Å². The van der Waals surface area contributed by atoms with Crippen molar-refractivity contribution in [3.63, 3.8) is 0 Å². The van der Waals surface area contributed by atoms with Crippen molar-refractivity contribution in [3.05, 3.63) is 0 Å². The molecular formula is C14H27NO3. The number of carbonyl (C=O) groups is 2. The Kier molecular flexibility index (Phi) is 10.4. The predicted molar refractivity (Wildman–Crippen MR) is 72.2 cm³/mol. The number of amides is 1. The first-order valence-electron chi connectivity index (χ1n) is 6.98. The van der Waals surface area contributed by atoms with Crippen LogP contribution in [0, 0.1) is 5.92 Å². The molecule has 0 aromatic carbocycles. The maximum absolute atomic E-state index is 11.6. The minimum atomic E-state index is -0.162. The highest BCUT2D eigenvalue weighted by atomic mass is 16.5. The predicted octanol–water partition coefficient (Wildman–Crippen LogP) is 2.66. The second-order valence-electron chi connectivity index (χ2n) is 4.92. The Balaban J connectivity index is 3.59. The lowest BCUT2D eigenvalue weighted by atomic mass is 10.0. The number of nitrogens with one attached hydrogen (secondary N) is 1. The molecule has 0 aliphatic carbocycles. The van der Waals surface area contributed by atoms with Gasteiger partial charge in [-0.3, -0.25) is 9.59 Å². The van der Waals surface area contributed by atoms with Crippen molar-refractivity contribution in [2.45, 2.75) is 65.3 Å². The van der Waals surface area contributed by atoms with E-state index in [4.69, 9.17) is 4.74 Å². The van der Waals surface area contributed by atoms with E-state index in [1.807, 2.05) is 6.92 Å². The van der Waals surface area contributed by atoms with Gasteiger partial charge in [-0.2, -0.15) is 0 Å². The molecule has 106 valence electrons. The van der Waals surface area contributed by atoms with Gasteiger partial charge < -0.3 is 10.1 Å². The van der Waals surface area contributed by atoms with Crippen molar-refractivity contribution < 1.29 is 14.3 Å². The molecule has 18 heavy (non-hydrogen) atoms. The molecule has 0 fully saturated rings. The van der Waals surface area contributed by atoms with Crippen molar-refractivity contribution in [3.8, 4) is 0 Å². The van der Waals surface area contributed by atoms with E-state index in [1.165, 1.54) is 25.7 Å². The number of esters is 1. The fourth-order valence-corrected chi connectivity index (χ4v) is 1.69. The average molecular weight is 257 g/mol. The number of ether oxygens (including phenoxy) is 1. The fourth-order valence-electron chi connectivity index (χ4n) is 1.69. The van der Waals surface area contributed by atoms with Gasteiger partial charge in [0.05, 0.1) is 12.0 Å². The number of rotatable bonds is 11. The van der Waals surface area contributed by atoms with Gasteiger partial charge in [-0.05, 0) is 13.3 Å². The molecule has 0 saturated heterocycles. The van der Waals surface area contributed by atoms with Crippen LogP contribution in [0.5, 0.6) is 0 Å². The van der Waals surface area contributed by atoms with Gasteiger partial charge in [0.25, 0.3) is 0 Å². The maximum atomic E-state index is 11.6. The molecule has 0 aromatic heterocycles. The van der Waals surface area contributed by atoms with Gasteiger partial charge >= 0.3 is 5.97 Å². The monoisotopic (exact) mass is 257 g/mol. The molecule has 2 atom stereocenters. The summed E-state index contributed by atoms with van der Waals surface area (Å²) >= 11 is 0. The number of hydrogen-bond donors (Lipinski definition) is 1. The molecule has 0 aliphatic rings. The van der Waals surface area contributed by atoms with Crippen LogP contribution in [-0.4, -0.2) is 25.0 Å². The number of unbranched alkanes of at least 4 members (excludes halogenated alkanes) is 4. The van der Waals surface area contributed by atoms with Gasteiger partial charge in [-0.25, -0.2) is 0 Å². The van der Waals surface area contributed by atoms with Crippen LogP contribution in [0.3, 0.4) is 0 Å². The smallest absolute Gasteiger partial charge is 0.308 e. The standard InChI is InChI=1S/C14H27NO3/c1-4-5-6-7-8-9-12(2)14(17)18-10-13(3)15-11-16/h11-13H,4-10H2,1-3H3,(H,15,16). The lowest BCUT2D eigenvalue weighted by molar-refractivity contribution is -0.149. The van der Waals surface area contributed by atoms with Gasteiger partial charge in [0.15, 0.2) is 0 Å². The molecular weight excluding hydrogens is 230 g/mol. The Hall–Kier alpha value is -1.06. The lowest BCUT2D eigenvalue weighted by Gasteiger charge is -2.14. The van der Waals surface area contributed by atoms with Gasteiger partial charge in [-0.1, -0.05) is 46.0 Å². The third kappa shape index (κ3) is 9.02. The summed E-state index contributed by atoms with van der Waals surface area (Å²) in [6.45, 7) is 6.14. The Morgan fingerprint density at radius 2 is 1.89 bits per heavy atom. The van der Waals surface area contributed by atoms with Crippen molar-refractivity contribution in [2.24, 2.45) is 5.92 Å². The molecule has 4 heteroatoms. The van der Waals surface area contributed by atoms with E-state index in [2.05, 4.69) is 12.2 Å². The molecule has 1 N–H and O–H groups in total. The molecule has 2 unspecified atom stereocenters. The summed E-state index contributed by atoms with van der Waals surface area (Å²) in [7, 11) is 0. The average Bonchev–Trinajstić information content (AvgIpc) is 2.35. The summed E-state index contributed by atoms with van der Waals surface area (Å²) < 4.78 is 5.14. The first kappa shape index (κ1) is 16.9. The zero-order valence-corrected chi connectivity index (χ0v) is 11.9. The second-order valence-corrected chi connectivity index (χ2v) is 4.92. The fraction of sp³-hybridized carbons (Fsp3) is 0.857. The van der Waals surface area contributed by atoms with Crippen LogP contribution in [0.2, 0.25) is 0 Å². The summed E-state index contributed by atoms with van der Waals surface area (Å²) in [6, 6.07) is -0.122. The third-order valence-electron chi connectivity index (χ3n) is 2.97. The Morgan fingerprint density at radius 1 is 1.22 bits per heavy atom. The topological polar surface area (TPSA) is 55.4 Å². The van der Waals surface area contributed by atoms with E-state index in [0.29, 0.717) is 6.41 Å². The van der Waals surface area contributed by atoms with Crippen LogP contribution in [-0.2, 0) is 14.3 Å². The molecule has 0 rings (SSSR count). The Labute approximate surface area is 110 Å². The van der Waals surface area contributed by atoms with Gasteiger partial charge in [-0.15, -0.1) is 0 Å². The van der Waals surface area contributed by atoms with Gasteiger partial charge in [0, 0.05) is 0 Å². The minimum Gasteiger partial charge on any atom is -0.463 e. The van der Waals surface area contributed by atoms with Crippen molar-refractivity contribution >= 4 is 12.4 Å². The zero-order chi connectivity index (χ0) is 13.8. The summed E-state index contributed by atoms with van der Waals surface area (Å²) in [5.74, 6) is -0.208. The van der Waals surface area contributed by atoms with Gasteiger partial charge in [0.1, 0.15) is 6.61 Å². The summed E-state index contributed by atoms with van der Waals surface area (Å²) in [5, 5.41) is 2.55. The van der Waals surface area contributed by atoms with E-state index >= 15 is 0 Å². The van der Waals surface area contributed by atoms with E-state index in [-0.39, 0.29) is 24.5 Å². The molecule has 0 spiro atoms. The molecule has 0 radical (unpaired) electrons. The summed E-state index contributed by atoms with van der Waals surface area (Å²) in [6.07, 6.45) is 7.53. The molecule has 0 saturated carbocycles. The molecule has 0 bridgehead atoms. The highest BCUT2D eigenvalue weighted by molar-refractivity contribution is 5.71. The van der Waals surface area contributed by atoms with Crippen LogP contribution >= 0.6 is 0 Å². The highest BCUT2D eigenvalue weighted by Gasteiger charge is 2.14. The Bertz CT molecular complexity index is 231.